The van der Waals surface area contributed by atoms with E-state index in [1.807, 2.05) is 47.2 Å². The van der Waals surface area contributed by atoms with Crippen LogP contribution in [0.3, 0.4) is 0 Å². The number of benzene rings is 3. The molecule has 0 radical (unpaired) electrons. The topological polar surface area (TPSA) is 94.7 Å². The van der Waals surface area contributed by atoms with Crippen molar-refractivity contribution in [3.8, 4) is 5.75 Å². The summed E-state index contributed by atoms with van der Waals surface area (Å²) in [5, 5.41) is -0.101. The SMILES string of the molecule is CCCn1c(=NC(=O)c2cc(S(=O)(=O)NCc3ccccc3OC)c(Cl)cc2Cl)n(CC)c2ccccc21. The van der Waals surface area contributed by atoms with Crippen molar-refractivity contribution in [2.24, 2.45) is 4.99 Å². The molecule has 0 aliphatic carbocycles. The molecule has 4 rings (SSSR count). The number of hydrogen-bond donors (Lipinski definition) is 1. The number of nitrogens with zero attached hydrogens (tertiary/aromatic N) is 3. The number of aryl methyl sites for hydroxylation is 2. The van der Waals surface area contributed by atoms with Crippen molar-refractivity contribution in [3.63, 3.8) is 0 Å². The molecule has 0 atom stereocenters. The molecule has 38 heavy (non-hydrogen) atoms. The number of sulfonamides is 1. The van der Waals surface area contributed by atoms with Crippen molar-refractivity contribution in [2.45, 2.75) is 44.8 Å². The molecule has 4 aromatic rings. The first-order valence-corrected chi connectivity index (χ1v) is 14.3. The third-order valence-electron chi connectivity index (χ3n) is 6.10. The van der Waals surface area contributed by atoms with Gasteiger partial charge in [-0.3, -0.25) is 4.79 Å². The third kappa shape index (κ3) is 5.51. The molecular formula is C27H28Cl2N4O4S. The van der Waals surface area contributed by atoms with Gasteiger partial charge in [-0.1, -0.05) is 60.5 Å². The van der Waals surface area contributed by atoms with Crippen LogP contribution in [0.1, 0.15) is 36.2 Å². The van der Waals surface area contributed by atoms with Gasteiger partial charge in [0.05, 0.1) is 33.8 Å². The number of hydrogen-bond acceptors (Lipinski definition) is 4. The van der Waals surface area contributed by atoms with E-state index in [1.165, 1.54) is 19.2 Å². The van der Waals surface area contributed by atoms with Crippen LogP contribution in [0.15, 0.2) is 70.6 Å². The number of aromatic nitrogens is 2. The van der Waals surface area contributed by atoms with E-state index in [0.717, 1.165) is 17.5 Å². The summed E-state index contributed by atoms with van der Waals surface area (Å²) in [7, 11) is -2.60. The Hall–Kier alpha value is -3.11. The van der Waals surface area contributed by atoms with E-state index in [4.69, 9.17) is 27.9 Å². The van der Waals surface area contributed by atoms with Crippen LogP contribution in [0.5, 0.6) is 5.75 Å². The van der Waals surface area contributed by atoms with Gasteiger partial charge in [-0.15, -0.1) is 0 Å². The van der Waals surface area contributed by atoms with Gasteiger partial charge in [0, 0.05) is 25.2 Å². The van der Waals surface area contributed by atoms with Crippen LogP contribution >= 0.6 is 23.2 Å². The van der Waals surface area contributed by atoms with Crippen molar-refractivity contribution in [1.29, 1.82) is 0 Å². The van der Waals surface area contributed by atoms with E-state index in [0.29, 0.717) is 30.0 Å². The third-order valence-corrected chi connectivity index (χ3v) is 8.28. The zero-order valence-corrected chi connectivity index (χ0v) is 23.6. The number of rotatable bonds is 9. The van der Waals surface area contributed by atoms with Gasteiger partial charge < -0.3 is 13.9 Å². The highest BCUT2D eigenvalue weighted by Crippen LogP contribution is 2.30. The lowest BCUT2D eigenvalue weighted by Crippen LogP contribution is -2.27. The minimum absolute atomic E-state index is 0.00799. The smallest absolute Gasteiger partial charge is 0.281 e. The Bertz CT molecular complexity index is 1680. The van der Waals surface area contributed by atoms with Crippen LogP contribution < -0.4 is 15.1 Å². The summed E-state index contributed by atoms with van der Waals surface area (Å²) in [4.78, 5) is 17.6. The number of amides is 1. The summed E-state index contributed by atoms with van der Waals surface area (Å²) in [6, 6.07) is 17.3. The van der Waals surface area contributed by atoms with E-state index in [9.17, 15) is 13.2 Å². The molecule has 1 aromatic heterocycles. The van der Waals surface area contributed by atoms with E-state index in [1.54, 1.807) is 24.3 Å². The van der Waals surface area contributed by atoms with E-state index in [2.05, 4.69) is 9.71 Å². The highest BCUT2D eigenvalue weighted by atomic mass is 35.5. The highest BCUT2D eigenvalue weighted by molar-refractivity contribution is 7.89. The van der Waals surface area contributed by atoms with Crippen molar-refractivity contribution in [1.82, 2.24) is 13.9 Å². The van der Waals surface area contributed by atoms with Crippen LogP contribution in [-0.4, -0.2) is 30.6 Å². The molecule has 200 valence electrons. The van der Waals surface area contributed by atoms with Crippen LogP contribution in [0, 0.1) is 0 Å². The second-order valence-corrected chi connectivity index (χ2v) is 11.1. The van der Waals surface area contributed by atoms with E-state index < -0.39 is 15.9 Å². The molecular weight excluding hydrogens is 547 g/mol. The zero-order chi connectivity index (χ0) is 27.4. The second kappa shape index (κ2) is 11.7. The number of methoxy groups -OCH3 is 1. The lowest BCUT2D eigenvalue weighted by Gasteiger charge is -2.12. The summed E-state index contributed by atoms with van der Waals surface area (Å²) < 4.78 is 38.1. The van der Waals surface area contributed by atoms with Gasteiger partial charge in [0.15, 0.2) is 0 Å². The molecule has 0 saturated heterocycles. The average molecular weight is 576 g/mol. The number of carbonyl (C=O) groups is 1. The average Bonchev–Trinajstić information content (AvgIpc) is 3.19. The number of ether oxygens (including phenoxy) is 1. The Morgan fingerprint density at radius 2 is 1.63 bits per heavy atom. The summed E-state index contributed by atoms with van der Waals surface area (Å²) >= 11 is 12.6. The number of para-hydroxylation sites is 3. The first kappa shape index (κ1) is 27.9. The van der Waals surface area contributed by atoms with Crippen LogP contribution in [-0.2, 0) is 29.7 Å². The Kier molecular flexibility index (Phi) is 8.62. The lowest BCUT2D eigenvalue weighted by atomic mass is 10.2. The zero-order valence-electron chi connectivity index (χ0n) is 21.2. The van der Waals surface area contributed by atoms with Gasteiger partial charge in [-0.25, -0.2) is 13.1 Å². The minimum atomic E-state index is -4.11. The van der Waals surface area contributed by atoms with Gasteiger partial charge in [0.25, 0.3) is 5.91 Å². The molecule has 1 heterocycles. The summed E-state index contributed by atoms with van der Waals surface area (Å²) in [5.74, 6) is -0.131. The van der Waals surface area contributed by atoms with E-state index in [-0.39, 0.29) is 27.0 Å². The van der Waals surface area contributed by atoms with Crippen molar-refractivity contribution in [2.75, 3.05) is 7.11 Å². The second-order valence-electron chi connectivity index (χ2n) is 8.50. The summed E-state index contributed by atoms with van der Waals surface area (Å²) in [6.45, 7) is 5.22. The Morgan fingerprint density at radius 3 is 2.29 bits per heavy atom. The quantitative estimate of drug-likeness (QED) is 0.289. The molecule has 11 heteroatoms. The fourth-order valence-electron chi connectivity index (χ4n) is 4.31. The van der Waals surface area contributed by atoms with Gasteiger partial charge in [0.1, 0.15) is 10.6 Å². The standard InChI is InChI=1S/C27H28Cl2N4O4S/c1-4-14-33-23-12-8-7-11-22(23)32(5-2)27(33)31-26(34)19-15-25(21(29)16-20(19)28)38(35,36)30-17-18-10-6-9-13-24(18)37-3/h6-13,15-16,30H,4-5,14,17H2,1-3H3. The number of fused-ring (bicyclic) bond motifs is 1. The van der Waals surface area contributed by atoms with Crippen LogP contribution in [0.2, 0.25) is 10.0 Å². The fourth-order valence-corrected chi connectivity index (χ4v) is 6.17. The van der Waals surface area contributed by atoms with Crippen molar-refractivity contribution < 1.29 is 17.9 Å². The molecule has 0 bridgehead atoms. The highest BCUT2D eigenvalue weighted by Gasteiger charge is 2.23. The largest absolute Gasteiger partial charge is 0.496 e. The number of halogens is 2. The lowest BCUT2D eigenvalue weighted by molar-refractivity contribution is 0.0995. The predicted molar refractivity (Wildman–Crippen MR) is 149 cm³/mol. The normalized spacial score (nSPS) is 12.3. The predicted octanol–water partition coefficient (Wildman–Crippen LogP) is 5.41. The van der Waals surface area contributed by atoms with Crippen molar-refractivity contribution >= 4 is 50.2 Å². The molecule has 0 saturated carbocycles. The van der Waals surface area contributed by atoms with Gasteiger partial charge in [0.2, 0.25) is 15.6 Å². The van der Waals surface area contributed by atoms with E-state index >= 15 is 0 Å². The Balaban J connectivity index is 1.76. The number of carbonyl (C=O) groups excluding carboxylic acids is 1. The Morgan fingerprint density at radius 1 is 0.974 bits per heavy atom. The number of imidazole rings is 1. The molecule has 3 aromatic carbocycles. The minimum Gasteiger partial charge on any atom is -0.496 e. The summed E-state index contributed by atoms with van der Waals surface area (Å²) in [5.41, 5.74) is 2.94. The van der Waals surface area contributed by atoms with Crippen molar-refractivity contribution in [3.05, 3.63) is 87.5 Å². The number of nitrogens with one attached hydrogen (secondary N) is 1. The molecule has 0 spiro atoms. The molecule has 1 amide bonds. The first-order valence-electron chi connectivity index (χ1n) is 12.1. The molecule has 0 aliphatic heterocycles. The van der Waals surface area contributed by atoms with Crippen LogP contribution in [0.25, 0.3) is 11.0 Å². The van der Waals surface area contributed by atoms with Crippen LogP contribution in [0.4, 0.5) is 0 Å². The molecule has 1 N–H and O–H groups in total. The maximum Gasteiger partial charge on any atom is 0.281 e. The van der Waals surface area contributed by atoms with Gasteiger partial charge >= 0.3 is 0 Å². The van der Waals surface area contributed by atoms with Gasteiger partial charge in [-0.05, 0) is 43.7 Å². The Labute approximate surface area is 231 Å². The first-order chi connectivity index (χ1) is 18.2. The summed E-state index contributed by atoms with van der Waals surface area (Å²) in [6.07, 6.45) is 0.834. The molecule has 0 aliphatic rings. The maximum atomic E-state index is 13.4. The molecule has 8 nitrogen and oxygen atoms in total. The molecule has 0 fully saturated rings. The van der Waals surface area contributed by atoms with Gasteiger partial charge in [-0.2, -0.15) is 4.99 Å². The maximum absolute atomic E-state index is 13.4. The monoisotopic (exact) mass is 574 g/mol. The molecule has 0 unspecified atom stereocenters. The fraction of sp³-hybridized carbons (Fsp3) is 0.259.